The van der Waals surface area contributed by atoms with Crippen LogP contribution >= 0.6 is 0 Å². The first kappa shape index (κ1) is 28.1. The van der Waals surface area contributed by atoms with Gasteiger partial charge in [0.2, 0.25) is 5.95 Å². The standard InChI is InChI=1S/C34H31F3N6O/c35-34(36,37)25-3-1-2-24(16-25)33(12-13-33)43-31(44)22-6-10-28(20-4-5-20)29(15-22)21-7-11-30-23(14-21)18-40-32(42-30)41-27(17-38)19-39-26-8-9-26/h1-3,6-7,10-11,14-20,26,38-39H,4-5,8-9,12-13H2,(H,43,44)(H,40,41,42)/b27-19+,38-17?. The highest BCUT2D eigenvalue weighted by Gasteiger charge is 2.46. The molecule has 0 bridgehead atoms. The van der Waals surface area contributed by atoms with E-state index in [0.717, 1.165) is 59.8 Å². The summed E-state index contributed by atoms with van der Waals surface area (Å²) in [6, 6.07) is 17.3. The van der Waals surface area contributed by atoms with E-state index in [2.05, 4.69) is 25.9 Å². The maximum absolute atomic E-state index is 13.5. The molecule has 1 aromatic heterocycles. The molecular formula is C34H31F3N6O. The minimum atomic E-state index is -4.44. The van der Waals surface area contributed by atoms with Gasteiger partial charge in [0.1, 0.15) is 0 Å². The Morgan fingerprint density at radius 1 is 1.00 bits per heavy atom. The number of allylic oxidation sites excluding steroid dienone is 1. The number of carbonyl (C=O) groups is 1. The molecule has 44 heavy (non-hydrogen) atoms. The van der Waals surface area contributed by atoms with Crippen LogP contribution in [0.4, 0.5) is 19.1 Å². The second kappa shape index (κ2) is 10.8. The second-order valence-corrected chi connectivity index (χ2v) is 12.0. The van der Waals surface area contributed by atoms with E-state index in [1.165, 1.54) is 17.8 Å². The average molecular weight is 597 g/mol. The first-order valence-corrected chi connectivity index (χ1v) is 14.9. The maximum Gasteiger partial charge on any atom is 0.416 e. The van der Waals surface area contributed by atoms with Gasteiger partial charge in [-0.1, -0.05) is 24.3 Å². The first-order chi connectivity index (χ1) is 21.2. The Labute approximate surface area is 252 Å². The molecule has 7 rings (SSSR count). The van der Waals surface area contributed by atoms with Gasteiger partial charge in [0, 0.05) is 35.6 Å². The predicted octanol–water partition coefficient (Wildman–Crippen LogP) is 7.27. The van der Waals surface area contributed by atoms with Crippen LogP contribution in [-0.2, 0) is 11.7 Å². The lowest BCUT2D eigenvalue weighted by Crippen LogP contribution is -2.35. The predicted molar refractivity (Wildman–Crippen MR) is 163 cm³/mol. The maximum atomic E-state index is 13.5. The Hall–Kier alpha value is -4.73. The van der Waals surface area contributed by atoms with E-state index in [1.807, 2.05) is 36.4 Å². The quantitative estimate of drug-likeness (QED) is 0.144. The molecule has 0 aliphatic heterocycles. The number of alkyl halides is 3. The van der Waals surface area contributed by atoms with Crippen LogP contribution in [-0.4, -0.2) is 28.1 Å². The smallest absolute Gasteiger partial charge is 0.386 e. The summed E-state index contributed by atoms with van der Waals surface area (Å²) in [6.07, 6.45) is 5.89. The van der Waals surface area contributed by atoms with E-state index in [1.54, 1.807) is 18.5 Å². The number of aromatic nitrogens is 2. The van der Waals surface area contributed by atoms with Crippen LogP contribution in [0.5, 0.6) is 0 Å². The molecule has 4 N–H and O–H groups in total. The molecule has 10 heteroatoms. The zero-order valence-corrected chi connectivity index (χ0v) is 23.8. The lowest BCUT2D eigenvalue weighted by atomic mass is 9.93. The molecule has 3 fully saturated rings. The van der Waals surface area contributed by atoms with Crippen molar-refractivity contribution in [1.82, 2.24) is 20.6 Å². The number of fused-ring (bicyclic) bond motifs is 1. The van der Waals surface area contributed by atoms with Crippen LogP contribution < -0.4 is 16.0 Å². The van der Waals surface area contributed by atoms with Crippen LogP contribution in [0.2, 0.25) is 0 Å². The number of carbonyl (C=O) groups excluding carboxylic acids is 1. The monoisotopic (exact) mass is 596 g/mol. The van der Waals surface area contributed by atoms with Gasteiger partial charge in [-0.05, 0) is 103 Å². The van der Waals surface area contributed by atoms with Crippen LogP contribution in [0.1, 0.15) is 71.5 Å². The second-order valence-electron chi connectivity index (χ2n) is 12.0. The number of nitrogens with zero attached hydrogens (tertiary/aromatic N) is 2. The minimum absolute atomic E-state index is 0.311. The molecule has 0 saturated heterocycles. The lowest BCUT2D eigenvalue weighted by Gasteiger charge is -2.20. The zero-order chi connectivity index (χ0) is 30.5. The summed E-state index contributed by atoms with van der Waals surface area (Å²) in [4.78, 5) is 22.6. The van der Waals surface area contributed by atoms with Gasteiger partial charge in [-0.15, -0.1) is 0 Å². The first-order valence-electron chi connectivity index (χ1n) is 14.9. The van der Waals surface area contributed by atoms with Crippen molar-refractivity contribution in [1.29, 1.82) is 5.41 Å². The van der Waals surface area contributed by atoms with Crippen molar-refractivity contribution in [2.75, 3.05) is 5.32 Å². The zero-order valence-electron chi connectivity index (χ0n) is 23.8. The van der Waals surface area contributed by atoms with Crippen molar-refractivity contribution in [2.24, 2.45) is 0 Å². The van der Waals surface area contributed by atoms with Gasteiger partial charge in [-0.25, -0.2) is 9.97 Å². The molecule has 1 amide bonds. The molecule has 0 unspecified atom stereocenters. The number of benzene rings is 3. The van der Waals surface area contributed by atoms with E-state index in [-0.39, 0.29) is 5.91 Å². The molecular weight excluding hydrogens is 565 g/mol. The van der Waals surface area contributed by atoms with Crippen molar-refractivity contribution in [3.05, 3.63) is 101 Å². The number of hydrogen-bond acceptors (Lipinski definition) is 6. The van der Waals surface area contributed by atoms with Crippen molar-refractivity contribution < 1.29 is 18.0 Å². The molecule has 3 aromatic carbocycles. The molecule has 0 radical (unpaired) electrons. The van der Waals surface area contributed by atoms with Crippen LogP contribution in [0, 0.1) is 5.41 Å². The lowest BCUT2D eigenvalue weighted by molar-refractivity contribution is -0.137. The topological polar surface area (TPSA) is 103 Å². The molecule has 0 spiro atoms. The summed E-state index contributed by atoms with van der Waals surface area (Å²) in [7, 11) is 0. The van der Waals surface area contributed by atoms with Gasteiger partial charge in [0.05, 0.1) is 22.3 Å². The highest BCUT2D eigenvalue weighted by atomic mass is 19.4. The van der Waals surface area contributed by atoms with Gasteiger partial charge >= 0.3 is 6.18 Å². The number of hydrogen-bond donors (Lipinski definition) is 4. The minimum Gasteiger partial charge on any atom is -0.386 e. The number of halogens is 3. The van der Waals surface area contributed by atoms with E-state index < -0.39 is 17.3 Å². The van der Waals surface area contributed by atoms with Crippen molar-refractivity contribution in [3.8, 4) is 11.1 Å². The number of rotatable bonds is 10. The van der Waals surface area contributed by atoms with E-state index in [4.69, 9.17) is 5.41 Å². The number of nitrogens with one attached hydrogen (secondary N) is 4. The summed E-state index contributed by atoms with van der Waals surface area (Å²) in [5.41, 5.74) is 3.79. The summed E-state index contributed by atoms with van der Waals surface area (Å²) in [6.45, 7) is 0. The van der Waals surface area contributed by atoms with Crippen molar-refractivity contribution in [2.45, 2.75) is 62.2 Å². The normalized spacial score (nSPS) is 17.7. The molecule has 3 aliphatic rings. The molecule has 7 nitrogen and oxygen atoms in total. The SMILES string of the molecule is N=C/C(=C\NC1CC1)Nc1ncc2cc(-c3cc(C(=O)NC4(c5cccc(C(F)(F)F)c5)CC4)ccc3C3CC3)ccc2n1. The Morgan fingerprint density at radius 2 is 1.82 bits per heavy atom. The van der Waals surface area contributed by atoms with Crippen molar-refractivity contribution >= 4 is 29.0 Å². The number of amides is 1. The molecule has 0 atom stereocenters. The van der Waals surface area contributed by atoms with E-state index >= 15 is 0 Å². The Kier molecular flexibility index (Phi) is 6.87. The highest BCUT2D eigenvalue weighted by molar-refractivity contribution is 5.97. The van der Waals surface area contributed by atoms with Crippen LogP contribution in [0.25, 0.3) is 22.0 Å². The third kappa shape index (κ3) is 5.89. The Balaban J connectivity index is 1.14. The Morgan fingerprint density at radius 3 is 2.52 bits per heavy atom. The van der Waals surface area contributed by atoms with Gasteiger partial charge in [-0.2, -0.15) is 13.2 Å². The summed E-state index contributed by atoms with van der Waals surface area (Å²) in [5.74, 6) is 0.510. The molecule has 3 saturated carbocycles. The third-order valence-electron chi connectivity index (χ3n) is 8.53. The summed E-state index contributed by atoms with van der Waals surface area (Å²) in [5, 5.41) is 17.9. The van der Waals surface area contributed by atoms with Gasteiger partial charge in [-0.3, -0.25) is 4.79 Å². The van der Waals surface area contributed by atoms with Gasteiger partial charge in [0.15, 0.2) is 0 Å². The third-order valence-corrected chi connectivity index (χ3v) is 8.53. The largest absolute Gasteiger partial charge is 0.416 e. The van der Waals surface area contributed by atoms with Crippen LogP contribution in [0.3, 0.4) is 0 Å². The van der Waals surface area contributed by atoms with Gasteiger partial charge < -0.3 is 21.4 Å². The average Bonchev–Trinajstić information content (AvgIpc) is 3.88. The molecule has 1 heterocycles. The fraction of sp³-hybridized carbons (Fsp3) is 0.294. The molecule has 224 valence electrons. The molecule has 3 aliphatic carbocycles. The van der Waals surface area contributed by atoms with Gasteiger partial charge in [0.25, 0.3) is 5.91 Å². The number of anilines is 1. The van der Waals surface area contributed by atoms with E-state index in [0.29, 0.717) is 47.6 Å². The Bertz CT molecular complexity index is 1800. The van der Waals surface area contributed by atoms with Crippen LogP contribution in [0.15, 0.2) is 78.8 Å². The fourth-order valence-corrected chi connectivity index (χ4v) is 5.55. The van der Waals surface area contributed by atoms with Crippen molar-refractivity contribution in [3.63, 3.8) is 0 Å². The summed E-state index contributed by atoms with van der Waals surface area (Å²) < 4.78 is 40.0. The summed E-state index contributed by atoms with van der Waals surface area (Å²) >= 11 is 0. The van der Waals surface area contributed by atoms with E-state index in [9.17, 15) is 18.0 Å². The molecule has 4 aromatic rings. The highest BCUT2D eigenvalue weighted by Crippen LogP contribution is 2.48. The fourth-order valence-electron chi connectivity index (χ4n) is 5.55.